The van der Waals surface area contributed by atoms with Crippen LogP contribution in [0.4, 0.5) is 5.69 Å². The number of aryl methyl sites for hydroxylation is 1. The third kappa shape index (κ3) is 4.96. The quantitative estimate of drug-likeness (QED) is 0.722. The molecular formula is C19H26N4O4S. The highest BCUT2D eigenvalue weighted by Crippen LogP contribution is 2.22. The fourth-order valence-corrected chi connectivity index (χ4v) is 4.53. The fourth-order valence-electron chi connectivity index (χ4n) is 3.02. The first-order valence-corrected chi connectivity index (χ1v) is 11.0. The number of sulfonamides is 1. The summed E-state index contributed by atoms with van der Waals surface area (Å²) in [4.78, 5) is 16.6. The van der Waals surface area contributed by atoms with E-state index in [-0.39, 0.29) is 16.7 Å². The van der Waals surface area contributed by atoms with Gasteiger partial charge in [-0.3, -0.25) is 4.79 Å². The molecule has 1 aliphatic heterocycles. The van der Waals surface area contributed by atoms with Crippen LogP contribution in [0, 0.1) is 0 Å². The maximum atomic E-state index is 12.5. The number of nitrogens with one attached hydrogen (secondary N) is 1. The maximum Gasteiger partial charge on any atom is 0.243 e. The molecule has 152 valence electrons. The Kier molecular flexibility index (Phi) is 6.46. The molecule has 8 nitrogen and oxygen atoms in total. The minimum Gasteiger partial charge on any atom is -0.339 e. The lowest BCUT2D eigenvalue weighted by atomic mass is 10.2. The number of amides is 1. The second-order valence-electron chi connectivity index (χ2n) is 7.24. The molecule has 0 atom stereocenters. The van der Waals surface area contributed by atoms with Crippen molar-refractivity contribution in [1.29, 1.82) is 0 Å². The Morgan fingerprint density at radius 1 is 1.21 bits per heavy atom. The van der Waals surface area contributed by atoms with E-state index in [4.69, 9.17) is 4.52 Å². The summed E-state index contributed by atoms with van der Waals surface area (Å²) < 4.78 is 31.7. The van der Waals surface area contributed by atoms with Gasteiger partial charge in [0.15, 0.2) is 5.82 Å². The van der Waals surface area contributed by atoms with Crippen molar-refractivity contribution >= 4 is 21.6 Å². The molecule has 0 unspecified atom stereocenters. The van der Waals surface area contributed by atoms with Crippen molar-refractivity contribution in [3.63, 3.8) is 0 Å². The van der Waals surface area contributed by atoms with E-state index in [1.165, 1.54) is 16.4 Å². The molecule has 0 radical (unpaired) electrons. The van der Waals surface area contributed by atoms with Gasteiger partial charge in [0.05, 0.1) is 4.90 Å². The van der Waals surface area contributed by atoms with Gasteiger partial charge < -0.3 is 9.84 Å². The standard InChI is InChI=1S/C19H26N4O4S/c1-14(2)19-21-18(27-22-19)7-5-6-17(24)20-15-8-10-16(11-9-15)28(25,26)23-12-3-4-13-23/h8-11,14H,3-7,12-13H2,1-2H3,(H,20,24). The zero-order chi connectivity index (χ0) is 20.1. The third-order valence-corrected chi connectivity index (χ3v) is 6.55. The fraction of sp³-hybridized carbons (Fsp3) is 0.526. The Morgan fingerprint density at radius 2 is 1.89 bits per heavy atom. The largest absolute Gasteiger partial charge is 0.339 e. The molecule has 9 heteroatoms. The number of hydrogen-bond donors (Lipinski definition) is 1. The van der Waals surface area contributed by atoms with Crippen molar-refractivity contribution in [3.05, 3.63) is 36.0 Å². The summed E-state index contributed by atoms with van der Waals surface area (Å²) in [5.41, 5.74) is 0.574. The second kappa shape index (κ2) is 8.83. The van der Waals surface area contributed by atoms with Gasteiger partial charge in [0.2, 0.25) is 21.8 Å². The number of rotatable bonds is 8. The molecule has 3 rings (SSSR count). The Hall–Kier alpha value is -2.26. The first-order valence-electron chi connectivity index (χ1n) is 9.59. The van der Waals surface area contributed by atoms with Crippen LogP contribution in [0.3, 0.4) is 0 Å². The summed E-state index contributed by atoms with van der Waals surface area (Å²) in [5.74, 6) is 1.27. The zero-order valence-corrected chi connectivity index (χ0v) is 17.0. The predicted octanol–water partition coefficient (Wildman–Crippen LogP) is 2.94. The number of hydrogen-bond acceptors (Lipinski definition) is 6. The maximum absolute atomic E-state index is 12.5. The van der Waals surface area contributed by atoms with E-state index in [1.807, 2.05) is 13.8 Å². The van der Waals surface area contributed by atoms with Crippen LogP contribution in [0.2, 0.25) is 0 Å². The summed E-state index contributed by atoms with van der Waals surface area (Å²) >= 11 is 0. The molecule has 2 aromatic rings. The van der Waals surface area contributed by atoms with Crippen LogP contribution in [0.1, 0.15) is 57.2 Å². The van der Waals surface area contributed by atoms with Crippen LogP contribution < -0.4 is 5.32 Å². The topological polar surface area (TPSA) is 105 Å². The minimum absolute atomic E-state index is 0.140. The number of aromatic nitrogens is 2. The van der Waals surface area contributed by atoms with Gasteiger partial charge in [-0.2, -0.15) is 9.29 Å². The van der Waals surface area contributed by atoms with Crippen LogP contribution in [-0.2, 0) is 21.2 Å². The monoisotopic (exact) mass is 406 g/mol. The molecule has 1 aliphatic rings. The van der Waals surface area contributed by atoms with Crippen molar-refractivity contribution in [1.82, 2.24) is 14.4 Å². The van der Waals surface area contributed by atoms with Gasteiger partial charge in [-0.15, -0.1) is 0 Å². The van der Waals surface area contributed by atoms with Gasteiger partial charge in [0.25, 0.3) is 0 Å². The Balaban J connectivity index is 1.48. The second-order valence-corrected chi connectivity index (χ2v) is 9.18. The van der Waals surface area contributed by atoms with Gasteiger partial charge in [-0.25, -0.2) is 8.42 Å². The Bertz CT molecular complexity index is 900. The number of anilines is 1. The normalized spacial score (nSPS) is 15.2. The third-order valence-electron chi connectivity index (χ3n) is 4.64. The molecule has 1 aromatic heterocycles. The molecule has 0 bridgehead atoms. The van der Waals surface area contributed by atoms with Crippen LogP contribution in [0.25, 0.3) is 0 Å². The van der Waals surface area contributed by atoms with E-state index in [0.717, 1.165) is 12.8 Å². The van der Waals surface area contributed by atoms with Gasteiger partial charge in [-0.05, 0) is 43.5 Å². The lowest BCUT2D eigenvalue weighted by molar-refractivity contribution is -0.116. The minimum atomic E-state index is -3.44. The van der Waals surface area contributed by atoms with Crippen molar-refractivity contribution in [2.75, 3.05) is 18.4 Å². The van der Waals surface area contributed by atoms with Crippen LogP contribution in [0.15, 0.2) is 33.7 Å². The Morgan fingerprint density at radius 3 is 2.50 bits per heavy atom. The first kappa shape index (κ1) is 20.5. The summed E-state index contributed by atoms with van der Waals surface area (Å²) in [6, 6.07) is 6.31. The summed E-state index contributed by atoms with van der Waals surface area (Å²) in [6.45, 7) is 5.12. The number of carbonyl (C=O) groups excluding carboxylic acids is 1. The van der Waals surface area contributed by atoms with Crippen LogP contribution >= 0.6 is 0 Å². The number of carbonyl (C=O) groups is 1. The molecule has 0 spiro atoms. The van der Waals surface area contributed by atoms with E-state index >= 15 is 0 Å². The predicted molar refractivity (Wildman–Crippen MR) is 104 cm³/mol. The zero-order valence-electron chi connectivity index (χ0n) is 16.2. The number of benzene rings is 1. The van der Waals surface area contributed by atoms with Crippen molar-refractivity contribution < 1.29 is 17.7 Å². The molecule has 2 heterocycles. The molecular weight excluding hydrogens is 380 g/mol. The Labute approximate surface area is 165 Å². The summed E-state index contributed by atoms with van der Waals surface area (Å²) in [7, 11) is -3.44. The lowest BCUT2D eigenvalue weighted by Gasteiger charge is -2.15. The van der Waals surface area contributed by atoms with E-state index in [0.29, 0.717) is 49.8 Å². The van der Waals surface area contributed by atoms with Crippen molar-refractivity contribution in [3.8, 4) is 0 Å². The summed E-state index contributed by atoms with van der Waals surface area (Å²) in [6.07, 6.45) is 3.24. The average molecular weight is 407 g/mol. The van der Waals surface area contributed by atoms with E-state index in [2.05, 4.69) is 15.5 Å². The summed E-state index contributed by atoms with van der Waals surface area (Å²) in [5, 5.41) is 6.68. The highest BCUT2D eigenvalue weighted by molar-refractivity contribution is 7.89. The molecule has 0 saturated carbocycles. The molecule has 1 fully saturated rings. The average Bonchev–Trinajstić information content (AvgIpc) is 3.34. The van der Waals surface area contributed by atoms with E-state index in [9.17, 15) is 13.2 Å². The van der Waals surface area contributed by atoms with E-state index < -0.39 is 10.0 Å². The van der Waals surface area contributed by atoms with Gasteiger partial charge in [0.1, 0.15) is 0 Å². The molecule has 1 aromatic carbocycles. The van der Waals surface area contributed by atoms with Crippen molar-refractivity contribution in [2.45, 2.75) is 56.8 Å². The van der Waals surface area contributed by atoms with Crippen LogP contribution in [-0.4, -0.2) is 41.9 Å². The highest BCUT2D eigenvalue weighted by atomic mass is 32.2. The first-order chi connectivity index (χ1) is 13.4. The van der Waals surface area contributed by atoms with Crippen LogP contribution in [0.5, 0.6) is 0 Å². The van der Waals surface area contributed by atoms with Gasteiger partial charge in [0, 0.05) is 37.5 Å². The number of nitrogens with zero attached hydrogens (tertiary/aromatic N) is 3. The van der Waals surface area contributed by atoms with E-state index in [1.54, 1.807) is 12.1 Å². The van der Waals surface area contributed by atoms with Crippen molar-refractivity contribution in [2.24, 2.45) is 0 Å². The molecule has 0 aliphatic carbocycles. The molecule has 1 saturated heterocycles. The van der Waals surface area contributed by atoms with Gasteiger partial charge in [-0.1, -0.05) is 19.0 Å². The highest BCUT2D eigenvalue weighted by Gasteiger charge is 2.26. The molecule has 28 heavy (non-hydrogen) atoms. The molecule has 1 amide bonds. The smallest absolute Gasteiger partial charge is 0.243 e. The lowest BCUT2D eigenvalue weighted by Crippen LogP contribution is -2.27. The molecule has 1 N–H and O–H groups in total. The van der Waals surface area contributed by atoms with Gasteiger partial charge >= 0.3 is 0 Å². The SMILES string of the molecule is CC(C)c1noc(CCCC(=O)Nc2ccc(S(=O)(=O)N3CCCC3)cc2)n1.